The summed E-state index contributed by atoms with van der Waals surface area (Å²) in [6.07, 6.45) is 1.93. The van der Waals surface area contributed by atoms with Crippen LogP contribution < -0.4 is 9.64 Å². The molecule has 0 saturated heterocycles. The summed E-state index contributed by atoms with van der Waals surface area (Å²) in [6.45, 7) is 31.9. The third-order valence-electron chi connectivity index (χ3n) is 11.9. The number of aryl methyl sites for hydroxylation is 5. The van der Waals surface area contributed by atoms with Crippen molar-refractivity contribution in [3.8, 4) is 22.6 Å². The molecule has 2 aliphatic rings. The van der Waals surface area contributed by atoms with Crippen molar-refractivity contribution >= 4 is 23.1 Å². The standard InChI is InChI=1S/C51H59N3O2.Pt/c1-29(2)47(30(3)4)42-28-55-49(53-42)37-23-36(48-34(8)19-32(6)20-35(48)9)24-39(25-37)56-45-27-44-41(22-33(45)7)51(13,14)40-21-31(5)15-16-43(40)54(44)46-26-38(17-18-52-46)50(10,11)12;/h15-24,26,29-30,42,47H,28H2,1-14H3;/q-2;+2/t42-;/m0./s1. The number of anilines is 3. The summed E-state index contributed by atoms with van der Waals surface area (Å²) >= 11 is 0. The Morgan fingerprint density at radius 1 is 0.807 bits per heavy atom. The van der Waals surface area contributed by atoms with E-state index in [4.69, 9.17) is 19.5 Å². The zero-order valence-electron chi connectivity index (χ0n) is 36.3. The van der Waals surface area contributed by atoms with E-state index in [0.717, 1.165) is 33.9 Å². The SMILES string of the molecule is Cc1cc(C)c(-c2cc(Oc3[c-]c4c(cc3C)C(C)(C)c3cc(C)ccc3N4c3cc(C(C)(C)C)ccn3)[c-]c(C3=N[C@H](C(C(C)C)C(C)C)CO3)c2)c(C)c1.[Pt+2]. The Morgan fingerprint density at radius 3 is 2.14 bits per heavy atom. The Bertz CT molecular complexity index is 2320. The Balaban J connectivity index is 0.00000549. The maximum absolute atomic E-state index is 6.96. The summed E-state index contributed by atoms with van der Waals surface area (Å²) < 4.78 is 13.4. The van der Waals surface area contributed by atoms with Gasteiger partial charge in [0.15, 0.2) is 0 Å². The molecule has 0 fully saturated rings. The summed E-state index contributed by atoms with van der Waals surface area (Å²) in [7, 11) is 0. The van der Waals surface area contributed by atoms with Crippen LogP contribution in [0.15, 0.2) is 71.9 Å². The van der Waals surface area contributed by atoms with Gasteiger partial charge in [-0.25, -0.2) is 4.98 Å². The molecule has 0 unspecified atom stereocenters. The molecule has 5 nitrogen and oxygen atoms in total. The van der Waals surface area contributed by atoms with E-state index in [1.165, 1.54) is 44.5 Å². The van der Waals surface area contributed by atoms with Crippen LogP contribution in [0.3, 0.4) is 0 Å². The van der Waals surface area contributed by atoms with Crippen molar-refractivity contribution in [2.75, 3.05) is 11.5 Å². The van der Waals surface area contributed by atoms with Gasteiger partial charge in [-0.05, 0) is 102 Å². The molecule has 0 amide bonds. The maximum Gasteiger partial charge on any atom is 2.00 e. The molecule has 2 aliphatic heterocycles. The number of rotatable bonds is 8. The van der Waals surface area contributed by atoms with Gasteiger partial charge in [0.2, 0.25) is 0 Å². The van der Waals surface area contributed by atoms with E-state index in [1.54, 1.807) is 0 Å². The van der Waals surface area contributed by atoms with Gasteiger partial charge in [-0.15, -0.1) is 23.3 Å². The predicted octanol–water partition coefficient (Wildman–Crippen LogP) is 13.2. The normalized spacial score (nSPS) is 16.0. The summed E-state index contributed by atoms with van der Waals surface area (Å²) in [5.41, 5.74) is 14.3. The second kappa shape index (κ2) is 15.9. The van der Waals surface area contributed by atoms with Gasteiger partial charge >= 0.3 is 21.1 Å². The molecule has 5 aromatic rings. The summed E-state index contributed by atoms with van der Waals surface area (Å²) in [6, 6.07) is 29.6. The molecular formula is C51H59N3O2Pt. The zero-order valence-corrected chi connectivity index (χ0v) is 38.6. The number of ether oxygens (including phenoxy) is 2. The van der Waals surface area contributed by atoms with Crippen molar-refractivity contribution < 1.29 is 30.5 Å². The Labute approximate surface area is 356 Å². The van der Waals surface area contributed by atoms with Crippen molar-refractivity contribution in [2.45, 2.75) is 114 Å². The second-order valence-corrected chi connectivity index (χ2v) is 18.6. The predicted molar refractivity (Wildman–Crippen MR) is 232 cm³/mol. The van der Waals surface area contributed by atoms with E-state index < -0.39 is 0 Å². The van der Waals surface area contributed by atoms with Crippen LogP contribution in [-0.2, 0) is 36.6 Å². The average Bonchev–Trinajstić information content (AvgIpc) is 3.58. The maximum atomic E-state index is 6.96. The molecule has 0 spiro atoms. The van der Waals surface area contributed by atoms with E-state index >= 15 is 0 Å². The number of aromatic nitrogens is 1. The summed E-state index contributed by atoms with van der Waals surface area (Å²) in [4.78, 5) is 12.5. The fourth-order valence-corrected chi connectivity index (χ4v) is 9.23. The van der Waals surface area contributed by atoms with Gasteiger partial charge < -0.3 is 14.4 Å². The number of pyridine rings is 1. The molecule has 300 valence electrons. The van der Waals surface area contributed by atoms with Gasteiger partial charge in [0.25, 0.3) is 0 Å². The van der Waals surface area contributed by atoms with Gasteiger partial charge in [-0.2, -0.15) is 6.07 Å². The van der Waals surface area contributed by atoms with Gasteiger partial charge in [0.1, 0.15) is 11.7 Å². The van der Waals surface area contributed by atoms with Crippen LogP contribution in [0.2, 0.25) is 0 Å². The third kappa shape index (κ3) is 8.11. The molecule has 1 atom stereocenters. The first kappa shape index (κ1) is 42.4. The molecule has 7 rings (SSSR count). The third-order valence-corrected chi connectivity index (χ3v) is 11.9. The smallest absolute Gasteiger partial charge is 0.518 e. The number of hydrogen-bond donors (Lipinski definition) is 0. The molecular weight excluding hydrogens is 882 g/mol. The number of benzene rings is 4. The minimum absolute atomic E-state index is 0. The van der Waals surface area contributed by atoms with E-state index in [9.17, 15) is 0 Å². The van der Waals surface area contributed by atoms with E-state index in [0.29, 0.717) is 41.8 Å². The molecule has 0 aliphatic carbocycles. The van der Waals surface area contributed by atoms with Crippen molar-refractivity contribution in [3.05, 3.63) is 129 Å². The Hall–Kier alpha value is -4.21. The zero-order chi connectivity index (χ0) is 40.4. The van der Waals surface area contributed by atoms with Crippen molar-refractivity contribution in [3.63, 3.8) is 0 Å². The molecule has 0 radical (unpaired) electrons. The minimum Gasteiger partial charge on any atom is -0.518 e. The van der Waals surface area contributed by atoms with Gasteiger partial charge in [-0.3, -0.25) is 4.99 Å². The Morgan fingerprint density at radius 2 is 1.49 bits per heavy atom. The number of fused-ring (bicyclic) bond motifs is 2. The number of hydrogen-bond acceptors (Lipinski definition) is 5. The fraction of sp³-hybridized carbons (Fsp3) is 0.412. The summed E-state index contributed by atoms with van der Waals surface area (Å²) in [5.74, 6) is 4.14. The molecule has 6 heteroatoms. The molecule has 0 bridgehead atoms. The molecule has 1 aromatic heterocycles. The topological polar surface area (TPSA) is 47.0 Å². The largest absolute Gasteiger partial charge is 2.00 e. The van der Waals surface area contributed by atoms with Crippen LogP contribution >= 0.6 is 0 Å². The Kier molecular flexibility index (Phi) is 11.8. The van der Waals surface area contributed by atoms with Crippen molar-refractivity contribution in [2.24, 2.45) is 22.7 Å². The first-order valence-corrected chi connectivity index (χ1v) is 20.3. The second-order valence-electron chi connectivity index (χ2n) is 18.6. The monoisotopic (exact) mass is 940 g/mol. The quantitative estimate of drug-likeness (QED) is 0.145. The first-order valence-electron chi connectivity index (χ1n) is 20.3. The fourth-order valence-electron chi connectivity index (χ4n) is 9.23. The van der Waals surface area contributed by atoms with Crippen molar-refractivity contribution in [1.29, 1.82) is 0 Å². The van der Waals surface area contributed by atoms with E-state index in [1.807, 2.05) is 6.20 Å². The van der Waals surface area contributed by atoms with Crippen LogP contribution in [-0.4, -0.2) is 23.5 Å². The van der Waals surface area contributed by atoms with Crippen LogP contribution in [0.5, 0.6) is 11.5 Å². The molecule has 4 aromatic carbocycles. The first-order chi connectivity index (χ1) is 26.3. The number of nitrogens with zero attached hydrogens (tertiary/aromatic N) is 3. The van der Waals surface area contributed by atoms with Crippen LogP contribution in [0.25, 0.3) is 11.1 Å². The minimum atomic E-state index is -0.285. The average molecular weight is 941 g/mol. The van der Waals surface area contributed by atoms with Crippen LogP contribution in [0, 0.1) is 64.5 Å². The molecule has 57 heavy (non-hydrogen) atoms. The number of aliphatic imine (C=N–C) groups is 1. The van der Waals surface area contributed by atoms with Crippen LogP contribution in [0.4, 0.5) is 17.2 Å². The van der Waals surface area contributed by atoms with Gasteiger partial charge in [-0.1, -0.05) is 134 Å². The van der Waals surface area contributed by atoms with Crippen molar-refractivity contribution in [1.82, 2.24) is 4.98 Å². The molecule has 3 heterocycles. The van der Waals surface area contributed by atoms with E-state index in [-0.39, 0.29) is 37.9 Å². The van der Waals surface area contributed by atoms with Crippen LogP contribution in [0.1, 0.15) is 112 Å². The molecule has 0 saturated carbocycles. The van der Waals surface area contributed by atoms with Gasteiger partial charge in [0, 0.05) is 23.4 Å². The van der Waals surface area contributed by atoms with Gasteiger partial charge in [0.05, 0.1) is 12.6 Å². The molecule has 0 N–H and O–H groups in total. The summed E-state index contributed by atoms with van der Waals surface area (Å²) in [5, 5.41) is 0. The van der Waals surface area contributed by atoms with E-state index in [2.05, 4.69) is 175 Å².